The van der Waals surface area contributed by atoms with Crippen molar-refractivity contribution in [2.45, 2.75) is 45.6 Å². The third-order valence-electron chi connectivity index (χ3n) is 3.34. The minimum absolute atomic E-state index is 0.221. The van der Waals surface area contributed by atoms with Gasteiger partial charge in [0.15, 0.2) is 0 Å². The summed E-state index contributed by atoms with van der Waals surface area (Å²) in [7, 11) is 1.86. The summed E-state index contributed by atoms with van der Waals surface area (Å²) in [4.78, 5) is 13.1. The molecule has 1 amide bonds. The maximum atomic E-state index is 11.3. The zero-order valence-corrected chi connectivity index (χ0v) is 11.1. The third-order valence-corrected chi connectivity index (χ3v) is 3.34. The van der Waals surface area contributed by atoms with E-state index in [4.69, 9.17) is 5.26 Å². The molecule has 1 unspecified atom stereocenters. The maximum absolute atomic E-state index is 11.3. The Morgan fingerprint density at radius 3 is 2.88 bits per heavy atom. The first-order valence-corrected chi connectivity index (χ1v) is 6.33. The molecular formula is C13H23N3O. The molecule has 96 valence electrons. The van der Waals surface area contributed by atoms with Crippen molar-refractivity contribution in [1.82, 2.24) is 10.2 Å². The lowest BCUT2D eigenvalue weighted by atomic mass is 9.90. The molecule has 17 heavy (non-hydrogen) atoms. The Balaban J connectivity index is 2.16. The molecule has 0 saturated carbocycles. The van der Waals surface area contributed by atoms with E-state index in [0.29, 0.717) is 12.5 Å². The molecule has 1 heterocycles. The molecule has 0 aliphatic carbocycles. The van der Waals surface area contributed by atoms with Crippen LogP contribution in [0.25, 0.3) is 0 Å². The minimum Gasteiger partial charge on any atom is -0.344 e. The third kappa shape index (κ3) is 4.74. The van der Waals surface area contributed by atoms with Crippen LogP contribution in [-0.2, 0) is 4.79 Å². The van der Waals surface area contributed by atoms with Crippen molar-refractivity contribution in [2.75, 3.05) is 20.1 Å². The molecule has 1 aliphatic heterocycles. The predicted octanol–water partition coefficient (Wildman–Crippen LogP) is 1.53. The van der Waals surface area contributed by atoms with Crippen LogP contribution in [0.2, 0.25) is 0 Å². The number of carbonyl (C=O) groups is 1. The van der Waals surface area contributed by atoms with Gasteiger partial charge in [-0.15, -0.1) is 0 Å². The highest BCUT2D eigenvalue weighted by molar-refractivity contribution is 5.76. The number of likely N-dealkylation sites (N-methyl/N-ethyl adjacent to an activating group) is 1. The standard InChI is InChI=1S/C13H23N3O/c1-13(2,10-14)7-4-8-15-11-5-6-12(17)16(3)9-11/h11,15H,4-9H2,1-3H3. The fourth-order valence-corrected chi connectivity index (χ4v) is 2.07. The number of nitriles is 1. The highest BCUT2D eigenvalue weighted by Crippen LogP contribution is 2.20. The van der Waals surface area contributed by atoms with Gasteiger partial charge in [-0.05, 0) is 39.7 Å². The van der Waals surface area contributed by atoms with E-state index >= 15 is 0 Å². The number of hydrogen-bond donors (Lipinski definition) is 1. The lowest BCUT2D eigenvalue weighted by Crippen LogP contribution is -2.46. The van der Waals surface area contributed by atoms with E-state index in [9.17, 15) is 4.79 Å². The first kappa shape index (κ1) is 14.0. The largest absolute Gasteiger partial charge is 0.344 e. The lowest BCUT2D eigenvalue weighted by molar-refractivity contribution is -0.132. The Bertz CT molecular complexity index is 306. The fraction of sp³-hybridized carbons (Fsp3) is 0.846. The van der Waals surface area contributed by atoms with Gasteiger partial charge >= 0.3 is 0 Å². The van der Waals surface area contributed by atoms with E-state index in [0.717, 1.165) is 32.4 Å². The zero-order chi connectivity index (χ0) is 12.9. The monoisotopic (exact) mass is 237 g/mol. The quantitative estimate of drug-likeness (QED) is 0.738. The number of amides is 1. The second-order valence-corrected chi connectivity index (χ2v) is 5.56. The number of hydrogen-bond acceptors (Lipinski definition) is 3. The van der Waals surface area contributed by atoms with Crippen LogP contribution in [0.4, 0.5) is 0 Å². The summed E-state index contributed by atoms with van der Waals surface area (Å²) < 4.78 is 0. The summed E-state index contributed by atoms with van der Waals surface area (Å²) in [6.45, 7) is 5.68. The Hall–Kier alpha value is -1.08. The first-order chi connectivity index (χ1) is 7.94. The van der Waals surface area contributed by atoms with E-state index in [2.05, 4.69) is 11.4 Å². The van der Waals surface area contributed by atoms with Crippen LogP contribution in [-0.4, -0.2) is 37.0 Å². The van der Waals surface area contributed by atoms with E-state index < -0.39 is 0 Å². The second-order valence-electron chi connectivity index (χ2n) is 5.56. The van der Waals surface area contributed by atoms with Crippen molar-refractivity contribution >= 4 is 5.91 Å². The van der Waals surface area contributed by atoms with Crippen LogP contribution in [0.3, 0.4) is 0 Å². The summed E-state index contributed by atoms with van der Waals surface area (Å²) >= 11 is 0. The molecule has 1 N–H and O–H groups in total. The van der Waals surface area contributed by atoms with Crippen molar-refractivity contribution in [1.29, 1.82) is 5.26 Å². The first-order valence-electron chi connectivity index (χ1n) is 6.33. The summed E-state index contributed by atoms with van der Waals surface area (Å²) in [6, 6.07) is 2.73. The molecule has 0 aromatic rings. The van der Waals surface area contributed by atoms with Gasteiger partial charge in [-0.2, -0.15) is 5.26 Å². The molecule has 0 aromatic heterocycles. The Morgan fingerprint density at radius 1 is 1.59 bits per heavy atom. The number of piperidine rings is 1. The molecule has 4 nitrogen and oxygen atoms in total. The molecule has 0 radical (unpaired) electrons. The molecule has 0 bridgehead atoms. The van der Waals surface area contributed by atoms with Crippen molar-refractivity contribution in [2.24, 2.45) is 5.41 Å². The summed E-state index contributed by atoms with van der Waals surface area (Å²) in [5.41, 5.74) is -0.221. The van der Waals surface area contributed by atoms with Crippen LogP contribution < -0.4 is 5.32 Å². The summed E-state index contributed by atoms with van der Waals surface area (Å²) in [6.07, 6.45) is 3.51. The molecule has 1 fully saturated rings. The van der Waals surface area contributed by atoms with Crippen molar-refractivity contribution < 1.29 is 4.79 Å². The molecular weight excluding hydrogens is 214 g/mol. The van der Waals surface area contributed by atoms with Crippen LogP contribution in [0.1, 0.15) is 39.5 Å². The van der Waals surface area contributed by atoms with E-state index in [1.165, 1.54) is 0 Å². The van der Waals surface area contributed by atoms with Crippen molar-refractivity contribution in [3.63, 3.8) is 0 Å². The highest BCUT2D eigenvalue weighted by atomic mass is 16.2. The normalized spacial score (nSPS) is 21.4. The number of rotatable bonds is 5. The van der Waals surface area contributed by atoms with Crippen LogP contribution in [0.15, 0.2) is 0 Å². The average Bonchev–Trinajstić information content (AvgIpc) is 2.29. The molecule has 1 saturated heterocycles. The molecule has 1 aliphatic rings. The van der Waals surface area contributed by atoms with Gasteiger partial charge in [0.05, 0.1) is 11.5 Å². The van der Waals surface area contributed by atoms with Crippen LogP contribution in [0, 0.1) is 16.7 Å². The van der Waals surface area contributed by atoms with Crippen molar-refractivity contribution in [3.05, 3.63) is 0 Å². The number of nitrogens with zero attached hydrogens (tertiary/aromatic N) is 2. The smallest absolute Gasteiger partial charge is 0.222 e. The van der Waals surface area contributed by atoms with Gasteiger partial charge in [0.1, 0.15) is 0 Å². The van der Waals surface area contributed by atoms with Gasteiger partial charge in [0.25, 0.3) is 0 Å². The molecule has 1 rings (SSSR count). The van der Waals surface area contributed by atoms with E-state index in [1.54, 1.807) is 4.90 Å². The topological polar surface area (TPSA) is 56.1 Å². The SMILES string of the molecule is CN1CC(NCCCC(C)(C)C#N)CCC1=O. The van der Waals surface area contributed by atoms with Crippen LogP contribution >= 0.6 is 0 Å². The lowest BCUT2D eigenvalue weighted by Gasteiger charge is -2.30. The maximum Gasteiger partial charge on any atom is 0.222 e. The van der Waals surface area contributed by atoms with Gasteiger partial charge in [-0.3, -0.25) is 4.79 Å². The Morgan fingerprint density at radius 2 is 2.29 bits per heavy atom. The minimum atomic E-state index is -0.221. The zero-order valence-electron chi connectivity index (χ0n) is 11.1. The van der Waals surface area contributed by atoms with E-state index in [-0.39, 0.29) is 11.3 Å². The van der Waals surface area contributed by atoms with Gasteiger partial charge in [0, 0.05) is 26.1 Å². The Labute approximate surface area is 104 Å². The highest BCUT2D eigenvalue weighted by Gasteiger charge is 2.22. The van der Waals surface area contributed by atoms with E-state index in [1.807, 2.05) is 20.9 Å². The average molecular weight is 237 g/mol. The fourth-order valence-electron chi connectivity index (χ4n) is 2.07. The van der Waals surface area contributed by atoms with Gasteiger partial charge in [-0.1, -0.05) is 0 Å². The molecule has 0 aromatic carbocycles. The van der Waals surface area contributed by atoms with Gasteiger partial charge in [-0.25, -0.2) is 0 Å². The molecule has 4 heteroatoms. The van der Waals surface area contributed by atoms with Crippen LogP contribution in [0.5, 0.6) is 0 Å². The Kier molecular flexibility index (Phi) is 4.95. The second kappa shape index (κ2) is 6.02. The molecule has 0 spiro atoms. The summed E-state index contributed by atoms with van der Waals surface area (Å²) in [5.74, 6) is 0.244. The number of likely N-dealkylation sites (tertiary alicyclic amines) is 1. The molecule has 1 atom stereocenters. The number of carbonyl (C=O) groups excluding carboxylic acids is 1. The van der Waals surface area contributed by atoms with Gasteiger partial charge < -0.3 is 10.2 Å². The van der Waals surface area contributed by atoms with Crippen molar-refractivity contribution in [3.8, 4) is 6.07 Å². The summed E-state index contributed by atoms with van der Waals surface area (Å²) in [5, 5.41) is 12.4. The van der Waals surface area contributed by atoms with Gasteiger partial charge in [0.2, 0.25) is 5.91 Å². The number of nitrogens with one attached hydrogen (secondary N) is 1. The predicted molar refractivity (Wildman–Crippen MR) is 67.3 cm³/mol.